The number of hydrogen-bond acceptors (Lipinski definition) is 6. The van der Waals surface area contributed by atoms with Crippen molar-refractivity contribution >= 4 is 17.5 Å². The van der Waals surface area contributed by atoms with Crippen molar-refractivity contribution in [1.29, 1.82) is 0 Å². The fraction of sp³-hybridized carbons (Fsp3) is 0.517. The highest BCUT2D eigenvalue weighted by molar-refractivity contribution is 7.99. The van der Waals surface area contributed by atoms with Gasteiger partial charge in [-0.1, -0.05) is 108 Å². The molecule has 1 aromatic heterocycles. The Morgan fingerprint density at radius 1 is 0.806 bits per heavy atom. The number of ether oxygens (including phenoxy) is 1. The molecule has 0 fully saturated rings. The van der Waals surface area contributed by atoms with E-state index in [2.05, 4.69) is 22.4 Å². The van der Waals surface area contributed by atoms with Crippen molar-refractivity contribution in [2.75, 3.05) is 12.4 Å². The molecule has 194 valence electrons. The summed E-state index contributed by atoms with van der Waals surface area (Å²) in [5.41, 5.74) is 1.53. The number of benzene rings is 2. The van der Waals surface area contributed by atoms with Crippen LogP contribution in [0.5, 0.6) is 5.75 Å². The van der Waals surface area contributed by atoms with Gasteiger partial charge in [-0.25, -0.2) is 0 Å². The summed E-state index contributed by atoms with van der Waals surface area (Å²) in [4.78, 5) is 12.6. The molecule has 0 spiro atoms. The third kappa shape index (κ3) is 10.1. The Morgan fingerprint density at radius 3 is 2.06 bits per heavy atom. The largest absolute Gasteiger partial charge is 0.494 e. The lowest BCUT2D eigenvalue weighted by Gasteiger charge is -2.07. The van der Waals surface area contributed by atoms with Crippen LogP contribution >= 0.6 is 11.8 Å². The van der Waals surface area contributed by atoms with Gasteiger partial charge in [0.2, 0.25) is 5.16 Å². The molecule has 3 rings (SSSR count). The molecular weight excluding hydrogens is 468 g/mol. The molecule has 0 radical (unpaired) electrons. The van der Waals surface area contributed by atoms with Crippen molar-refractivity contribution in [2.45, 2.75) is 89.1 Å². The average Bonchev–Trinajstić information content (AvgIpc) is 3.39. The summed E-state index contributed by atoms with van der Waals surface area (Å²) in [7, 11) is 0. The quantitative estimate of drug-likeness (QED) is 0.0938. The van der Waals surface area contributed by atoms with Crippen molar-refractivity contribution in [3.63, 3.8) is 0 Å². The zero-order valence-corrected chi connectivity index (χ0v) is 22.4. The summed E-state index contributed by atoms with van der Waals surface area (Å²) in [5, 5.41) is 12.4. The van der Waals surface area contributed by atoms with Gasteiger partial charge in [-0.15, -0.1) is 5.10 Å². The lowest BCUT2D eigenvalue weighted by atomic mass is 10.1. The van der Waals surface area contributed by atoms with E-state index < -0.39 is 0 Å². The molecule has 36 heavy (non-hydrogen) atoms. The maximum absolute atomic E-state index is 12.6. The van der Waals surface area contributed by atoms with Crippen LogP contribution in [-0.4, -0.2) is 38.4 Å². The molecule has 0 unspecified atom stereocenters. The summed E-state index contributed by atoms with van der Waals surface area (Å²) in [5.74, 6) is 1.12. The Labute approximate surface area is 220 Å². The summed E-state index contributed by atoms with van der Waals surface area (Å²) >= 11 is 1.33. The number of carbonyl (C=O) groups excluding carboxylic acids is 1. The number of aromatic nitrogens is 4. The molecule has 1 heterocycles. The van der Waals surface area contributed by atoms with E-state index in [9.17, 15) is 4.79 Å². The summed E-state index contributed by atoms with van der Waals surface area (Å²) in [6.07, 6.45) is 16.0. The topological polar surface area (TPSA) is 69.9 Å². The highest BCUT2D eigenvalue weighted by Gasteiger charge is 2.13. The predicted molar refractivity (Wildman–Crippen MR) is 147 cm³/mol. The Balaban J connectivity index is 1.26. The molecule has 6 nitrogen and oxygen atoms in total. The van der Waals surface area contributed by atoms with E-state index in [-0.39, 0.29) is 11.5 Å². The van der Waals surface area contributed by atoms with E-state index in [0.29, 0.717) is 10.7 Å². The van der Waals surface area contributed by atoms with Gasteiger partial charge in [0.15, 0.2) is 5.78 Å². The van der Waals surface area contributed by atoms with Crippen molar-refractivity contribution in [1.82, 2.24) is 20.2 Å². The summed E-state index contributed by atoms with van der Waals surface area (Å²) in [6.45, 7) is 3.00. The number of Topliss-reactive ketones (excluding diaryl/α,β-unsaturated/α-hetero) is 1. The van der Waals surface area contributed by atoms with Gasteiger partial charge in [-0.05, 0) is 53.2 Å². The number of tetrazole rings is 1. The molecule has 0 amide bonds. The van der Waals surface area contributed by atoms with Gasteiger partial charge in [-0.3, -0.25) is 4.79 Å². The highest BCUT2D eigenvalue weighted by atomic mass is 32.2. The number of thioether (sulfide) groups is 1. The summed E-state index contributed by atoms with van der Waals surface area (Å²) in [6, 6.07) is 17.1. The Hall–Kier alpha value is -2.67. The smallest absolute Gasteiger partial charge is 0.214 e. The molecule has 0 saturated heterocycles. The second-order valence-corrected chi connectivity index (χ2v) is 10.1. The van der Waals surface area contributed by atoms with Crippen molar-refractivity contribution in [3.05, 3.63) is 60.2 Å². The zero-order valence-electron chi connectivity index (χ0n) is 21.6. The Bertz CT molecular complexity index is 992. The lowest BCUT2D eigenvalue weighted by molar-refractivity contribution is 0.102. The van der Waals surface area contributed by atoms with E-state index in [1.807, 2.05) is 54.6 Å². The van der Waals surface area contributed by atoms with Crippen LogP contribution in [0.4, 0.5) is 0 Å². The first-order chi connectivity index (χ1) is 17.8. The van der Waals surface area contributed by atoms with Crippen LogP contribution in [0.25, 0.3) is 5.69 Å². The van der Waals surface area contributed by atoms with E-state index in [4.69, 9.17) is 4.74 Å². The van der Waals surface area contributed by atoms with Crippen molar-refractivity contribution < 1.29 is 9.53 Å². The third-order valence-corrected chi connectivity index (χ3v) is 7.14. The number of hydrogen-bond donors (Lipinski definition) is 0. The predicted octanol–water partition coefficient (Wildman–Crippen LogP) is 7.72. The maximum Gasteiger partial charge on any atom is 0.214 e. The lowest BCUT2D eigenvalue weighted by Crippen LogP contribution is -2.05. The molecule has 0 aliphatic carbocycles. The third-order valence-electron chi connectivity index (χ3n) is 6.22. The van der Waals surface area contributed by atoms with Crippen molar-refractivity contribution in [2.24, 2.45) is 0 Å². The van der Waals surface area contributed by atoms with Crippen LogP contribution in [0.2, 0.25) is 0 Å². The SMILES string of the molecule is CCCCCCCCCCCCCCOc1ccc(C(=O)CSc2nnnn2-c2ccccc2)cc1. The Morgan fingerprint density at radius 2 is 1.42 bits per heavy atom. The van der Waals surface area contributed by atoms with Crippen LogP contribution in [0.3, 0.4) is 0 Å². The zero-order chi connectivity index (χ0) is 25.3. The van der Waals surface area contributed by atoms with Crippen LogP contribution in [0, 0.1) is 0 Å². The minimum absolute atomic E-state index is 0.0371. The molecular formula is C29H40N4O2S. The van der Waals surface area contributed by atoms with Gasteiger partial charge in [0.25, 0.3) is 0 Å². The van der Waals surface area contributed by atoms with Gasteiger partial charge in [0.1, 0.15) is 5.75 Å². The van der Waals surface area contributed by atoms with E-state index in [1.54, 1.807) is 4.68 Å². The fourth-order valence-electron chi connectivity index (χ4n) is 4.08. The molecule has 0 N–H and O–H groups in total. The molecule has 0 aliphatic rings. The van der Waals surface area contributed by atoms with Crippen LogP contribution in [0.1, 0.15) is 94.3 Å². The van der Waals surface area contributed by atoms with Crippen LogP contribution < -0.4 is 4.74 Å². The van der Waals surface area contributed by atoms with Crippen LogP contribution in [0.15, 0.2) is 59.8 Å². The number of nitrogens with zero attached hydrogens (tertiary/aromatic N) is 4. The van der Waals surface area contributed by atoms with E-state index in [1.165, 1.54) is 82.4 Å². The van der Waals surface area contributed by atoms with Gasteiger partial charge >= 0.3 is 0 Å². The number of para-hydroxylation sites is 1. The number of rotatable bonds is 19. The first-order valence-corrected chi connectivity index (χ1v) is 14.5. The monoisotopic (exact) mass is 508 g/mol. The molecule has 2 aromatic carbocycles. The van der Waals surface area contributed by atoms with E-state index >= 15 is 0 Å². The van der Waals surface area contributed by atoms with E-state index in [0.717, 1.165) is 24.5 Å². The molecule has 0 saturated carbocycles. The number of ketones is 1. The van der Waals surface area contributed by atoms with Gasteiger partial charge in [-0.2, -0.15) is 4.68 Å². The van der Waals surface area contributed by atoms with Gasteiger partial charge in [0.05, 0.1) is 18.0 Å². The summed E-state index contributed by atoms with van der Waals surface area (Å²) < 4.78 is 7.51. The second-order valence-electron chi connectivity index (χ2n) is 9.18. The number of unbranched alkanes of at least 4 members (excludes halogenated alkanes) is 11. The van der Waals surface area contributed by atoms with Gasteiger partial charge in [0, 0.05) is 5.56 Å². The molecule has 0 atom stereocenters. The van der Waals surface area contributed by atoms with Crippen LogP contribution in [-0.2, 0) is 0 Å². The minimum atomic E-state index is 0.0371. The minimum Gasteiger partial charge on any atom is -0.494 e. The highest BCUT2D eigenvalue weighted by Crippen LogP contribution is 2.20. The molecule has 0 bridgehead atoms. The van der Waals surface area contributed by atoms with Gasteiger partial charge < -0.3 is 4.74 Å². The molecule has 7 heteroatoms. The second kappa shape index (κ2) is 16.9. The maximum atomic E-state index is 12.6. The first kappa shape index (κ1) is 27.9. The average molecular weight is 509 g/mol. The normalized spacial score (nSPS) is 11.0. The fourth-order valence-corrected chi connectivity index (χ4v) is 4.87. The molecule has 3 aromatic rings. The Kier molecular flexibility index (Phi) is 13.1. The first-order valence-electron chi connectivity index (χ1n) is 13.5. The standard InChI is InChI=1S/C29H40N4O2S/c1-2-3-4-5-6-7-8-9-10-11-12-16-23-35-27-21-19-25(20-22-27)28(34)24-36-29-30-31-32-33(29)26-17-14-13-15-18-26/h13-15,17-22H,2-12,16,23-24H2,1H3. The number of carbonyl (C=O) groups is 1. The molecule has 0 aliphatic heterocycles. The van der Waals surface area contributed by atoms with Crippen molar-refractivity contribution in [3.8, 4) is 11.4 Å².